The molecule has 27 heavy (non-hydrogen) atoms. The van der Waals surface area contributed by atoms with Crippen LogP contribution in [0.2, 0.25) is 5.02 Å². The molecule has 7 heteroatoms. The van der Waals surface area contributed by atoms with Crippen LogP contribution in [0.5, 0.6) is 0 Å². The maximum Gasteiger partial charge on any atom is 0.288 e. The number of rotatable bonds is 4. The van der Waals surface area contributed by atoms with Gasteiger partial charge in [-0.15, -0.1) is 0 Å². The number of carbonyl (C=O) groups excluding carboxylic acids is 1. The zero-order valence-corrected chi connectivity index (χ0v) is 15.7. The van der Waals surface area contributed by atoms with Crippen molar-refractivity contribution in [2.75, 3.05) is 31.1 Å². The Morgan fingerprint density at radius 2 is 1.89 bits per heavy atom. The topological polar surface area (TPSA) is 66.7 Å². The molecular weight excluding hydrogens is 366 g/mol. The van der Waals surface area contributed by atoms with Crippen LogP contribution in [0.1, 0.15) is 11.1 Å². The van der Waals surface area contributed by atoms with Gasteiger partial charge in [-0.05, 0) is 42.3 Å². The van der Waals surface area contributed by atoms with E-state index in [-0.39, 0.29) is 16.6 Å². The summed E-state index contributed by atoms with van der Waals surface area (Å²) in [5.74, 6) is -0.100. The Balaban J connectivity index is 1.60. The SMILES string of the molecule is Cc1cccc(N2CCN(C(=O)/C=C/c3ccc(Cl)c([N+](=O)[O-])c3)CC2)c1. The minimum Gasteiger partial charge on any atom is -0.368 e. The molecule has 0 atom stereocenters. The van der Waals surface area contributed by atoms with Gasteiger partial charge >= 0.3 is 0 Å². The van der Waals surface area contributed by atoms with Gasteiger partial charge in [-0.2, -0.15) is 0 Å². The van der Waals surface area contributed by atoms with Crippen LogP contribution in [-0.2, 0) is 4.79 Å². The van der Waals surface area contributed by atoms with E-state index in [1.807, 2.05) is 6.07 Å². The normalized spacial score (nSPS) is 14.6. The molecule has 3 rings (SSSR count). The first-order valence-corrected chi connectivity index (χ1v) is 9.04. The summed E-state index contributed by atoms with van der Waals surface area (Å²) in [6.07, 6.45) is 3.04. The van der Waals surface area contributed by atoms with E-state index in [1.54, 1.807) is 17.0 Å². The molecule has 1 heterocycles. The van der Waals surface area contributed by atoms with E-state index in [0.29, 0.717) is 18.7 Å². The number of anilines is 1. The van der Waals surface area contributed by atoms with Crippen LogP contribution < -0.4 is 4.90 Å². The molecule has 1 saturated heterocycles. The van der Waals surface area contributed by atoms with Gasteiger partial charge in [0.05, 0.1) is 4.92 Å². The highest BCUT2D eigenvalue weighted by Crippen LogP contribution is 2.25. The summed E-state index contributed by atoms with van der Waals surface area (Å²) in [5, 5.41) is 11.0. The van der Waals surface area contributed by atoms with Crippen LogP contribution in [0.4, 0.5) is 11.4 Å². The number of nitro groups is 1. The van der Waals surface area contributed by atoms with Crippen LogP contribution in [-0.4, -0.2) is 41.9 Å². The molecule has 1 amide bonds. The standard InChI is InChI=1S/C20H20ClN3O3/c1-15-3-2-4-17(13-15)22-9-11-23(12-10-22)20(25)8-6-16-5-7-18(21)19(14-16)24(26)27/h2-8,13-14H,9-12H2,1H3/b8-6+. The maximum absolute atomic E-state index is 12.4. The Morgan fingerprint density at radius 1 is 1.15 bits per heavy atom. The summed E-state index contributed by atoms with van der Waals surface area (Å²) < 4.78 is 0. The monoisotopic (exact) mass is 385 g/mol. The lowest BCUT2D eigenvalue weighted by molar-refractivity contribution is -0.384. The lowest BCUT2D eigenvalue weighted by Gasteiger charge is -2.35. The van der Waals surface area contributed by atoms with Crippen molar-refractivity contribution >= 4 is 35.0 Å². The number of hydrogen-bond acceptors (Lipinski definition) is 4. The van der Waals surface area contributed by atoms with Gasteiger partial charge in [0.2, 0.25) is 5.91 Å². The third kappa shape index (κ3) is 4.65. The molecule has 6 nitrogen and oxygen atoms in total. The van der Waals surface area contributed by atoms with E-state index < -0.39 is 4.92 Å². The Hall–Kier alpha value is -2.86. The summed E-state index contributed by atoms with van der Waals surface area (Å²) in [5.41, 5.74) is 2.79. The molecule has 1 fully saturated rings. The second kappa shape index (κ2) is 8.22. The number of nitro benzene ring substituents is 1. The largest absolute Gasteiger partial charge is 0.368 e. The number of carbonyl (C=O) groups is 1. The number of nitrogens with zero attached hydrogens (tertiary/aromatic N) is 3. The fourth-order valence-electron chi connectivity index (χ4n) is 3.06. The van der Waals surface area contributed by atoms with Gasteiger partial charge in [-0.1, -0.05) is 29.8 Å². The molecule has 0 bridgehead atoms. The first-order valence-electron chi connectivity index (χ1n) is 8.66. The molecule has 0 aromatic heterocycles. The van der Waals surface area contributed by atoms with E-state index in [0.717, 1.165) is 13.1 Å². The van der Waals surface area contributed by atoms with Crippen molar-refractivity contribution in [2.45, 2.75) is 6.92 Å². The highest BCUT2D eigenvalue weighted by molar-refractivity contribution is 6.32. The minimum absolute atomic E-state index is 0.0794. The second-order valence-electron chi connectivity index (χ2n) is 6.45. The molecule has 2 aromatic carbocycles. The van der Waals surface area contributed by atoms with Crippen LogP contribution >= 0.6 is 11.6 Å². The van der Waals surface area contributed by atoms with E-state index >= 15 is 0 Å². The van der Waals surface area contributed by atoms with Crippen molar-refractivity contribution in [3.8, 4) is 0 Å². The lowest BCUT2D eigenvalue weighted by atomic mass is 10.1. The molecule has 0 saturated carbocycles. The molecule has 1 aliphatic heterocycles. The van der Waals surface area contributed by atoms with Crippen LogP contribution in [0.3, 0.4) is 0 Å². The summed E-state index contributed by atoms with van der Waals surface area (Å²) in [6, 6.07) is 12.8. The third-order valence-electron chi connectivity index (χ3n) is 4.54. The van der Waals surface area contributed by atoms with E-state index in [1.165, 1.54) is 29.5 Å². The predicted octanol–water partition coefficient (Wildman–Crippen LogP) is 3.92. The smallest absolute Gasteiger partial charge is 0.288 e. The summed E-state index contributed by atoms with van der Waals surface area (Å²) >= 11 is 5.80. The van der Waals surface area contributed by atoms with E-state index in [2.05, 4.69) is 30.0 Å². The van der Waals surface area contributed by atoms with Crippen LogP contribution in [0, 0.1) is 17.0 Å². The number of hydrogen-bond donors (Lipinski definition) is 0. The number of aryl methyl sites for hydroxylation is 1. The molecule has 0 aliphatic carbocycles. The van der Waals surface area contributed by atoms with Crippen LogP contribution in [0.15, 0.2) is 48.5 Å². The van der Waals surface area contributed by atoms with Gasteiger partial charge in [-0.3, -0.25) is 14.9 Å². The summed E-state index contributed by atoms with van der Waals surface area (Å²) in [6.45, 7) is 4.88. The molecular formula is C20H20ClN3O3. The molecule has 0 unspecified atom stereocenters. The first-order chi connectivity index (χ1) is 12.9. The van der Waals surface area contributed by atoms with Crippen molar-refractivity contribution in [1.82, 2.24) is 4.90 Å². The van der Waals surface area contributed by atoms with Crippen LogP contribution in [0.25, 0.3) is 6.08 Å². The highest BCUT2D eigenvalue weighted by atomic mass is 35.5. The molecule has 1 aliphatic rings. The maximum atomic E-state index is 12.4. The summed E-state index contributed by atoms with van der Waals surface area (Å²) in [7, 11) is 0. The number of piperazine rings is 1. The van der Waals surface area contributed by atoms with E-state index in [9.17, 15) is 14.9 Å². The quantitative estimate of drug-likeness (QED) is 0.454. The fourth-order valence-corrected chi connectivity index (χ4v) is 3.24. The first kappa shape index (κ1) is 18.9. The van der Waals surface area contributed by atoms with Crippen molar-refractivity contribution in [2.24, 2.45) is 0 Å². The zero-order chi connectivity index (χ0) is 19.4. The predicted molar refractivity (Wildman–Crippen MR) is 107 cm³/mol. The highest BCUT2D eigenvalue weighted by Gasteiger charge is 2.20. The van der Waals surface area contributed by atoms with Crippen molar-refractivity contribution in [3.05, 3.63) is 74.8 Å². The molecule has 0 spiro atoms. The Morgan fingerprint density at radius 3 is 2.56 bits per heavy atom. The van der Waals surface area contributed by atoms with Gasteiger partial charge < -0.3 is 9.80 Å². The average Bonchev–Trinajstić information content (AvgIpc) is 2.67. The molecule has 140 valence electrons. The molecule has 2 aromatic rings. The van der Waals surface area contributed by atoms with Gasteiger partial charge in [0, 0.05) is 44.0 Å². The van der Waals surface area contributed by atoms with Crippen molar-refractivity contribution in [1.29, 1.82) is 0 Å². The van der Waals surface area contributed by atoms with Crippen molar-refractivity contribution < 1.29 is 9.72 Å². The van der Waals surface area contributed by atoms with Crippen molar-refractivity contribution in [3.63, 3.8) is 0 Å². The summed E-state index contributed by atoms with van der Waals surface area (Å²) in [4.78, 5) is 26.9. The lowest BCUT2D eigenvalue weighted by Crippen LogP contribution is -2.48. The number of benzene rings is 2. The zero-order valence-electron chi connectivity index (χ0n) is 15.0. The Labute approximate surface area is 162 Å². The fraction of sp³-hybridized carbons (Fsp3) is 0.250. The van der Waals surface area contributed by atoms with Gasteiger partial charge in [0.25, 0.3) is 5.69 Å². The third-order valence-corrected chi connectivity index (χ3v) is 4.86. The number of halogens is 1. The number of amides is 1. The molecule has 0 radical (unpaired) electrons. The minimum atomic E-state index is -0.536. The second-order valence-corrected chi connectivity index (χ2v) is 6.86. The Bertz CT molecular complexity index is 890. The van der Waals surface area contributed by atoms with E-state index in [4.69, 9.17) is 11.6 Å². The van der Waals surface area contributed by atoms with Gasteiger partial charge in [0.1, 0.15) is 5.02 Å². The molecule has 0 N–H and O–H groups in total. The van der Waals surface area contributed by atoms with Gasteiger partial charge in [-0.25, -0.2) is 0 Å². The average molecular weight is 386 g/mol. The van der Waals surface area contributed by atoms with Gasteiger partial charge in [0.15, 0.2) is 0 Å². The Kier molecular flexibility index (Phi) is 5.76.